The van der Waals surface area contributed by atoms with Gasteiger partial charge in [-0.05, 0) is 127 Å². The fraction of sp³-hybridized carbons (Fsp3) is 0.571. The van der Waals surface area contributed by atoms with Gasteiger partial charge in [-0.15, -0.1) is 4.98 Å². The number of rotatable bonds is 17. The molecule has 2 heterocycles. The molecule has 0 saturated heterocycles. The molecule has 7 rings (SSSR count). The van der Waals surface area contributed by atoms with E-state index in [-0.39, 0.29) is 107 Å². The molecule has 16 nitrogen and oxygen atoms in total. The van der Waals surface area contributed by atoms with Crippen LogP contribution in [0.15, 0.2) is 82.9 Å². The zero-order chi connectivity index (χ0) is 76.5. The molecule has 1 aliphatic heterocycles. The first-order chi connectivity index (χ1) is 45.9. The number of phenols is 5. The van der Waals surface area contributed by atoms with Crippen molar-refractivity contribution in [3.05, 3.63) is 128 Å². The molecule has 1 aromatic heterocycles. The van der Waals surface area contributed by atoms with Crippen molar-refractivity contribution in [1.82, 2.24) is 25.7 Å². The normalized spacial score (nSPS) is 13.8. The van der Waals surface area contributed by atoms with E-state index in [1.807, 2.05) is 144 Å². The van der Waals surface area contributed by atoms with Crippen LogP contribution < -0.4 is 29.2 Å². The number of hydrazine groups is 1. The fourth-order valence-electron chi connectivity index (χ4n) is 11.7. The molecule has 1 aliphatic rings. The van der Waals surface area contributed by atoms with Crippen LogP contribution in [0.4, 0.5) is 0 Å². The number of nitrogens with zero attached hydrogens (tertiary/aromatic N) is 5. The monoisotopic (exact) mass is 1410 g/mol. The summed E-state index contributed by atoms with van der Waals surface area (Å²) in [6.45, 7) is 63.9. The quantitative estimate of drug-likeness (QED) is 0.0370. The van der Waals surface area contributed by atoms with Crippen molar-refractivity contribution in [3.63, 3.8) is 0 Å². The molecule has 0 saturated carbocycles. The smallest absolute Gasteiger partial charge is 0.329 e. The van der Waals surface area contributed by atoms with Gasteiger partial charge in [0, 0.05) is 61.4 Å². The summed E-state index contributed by atoms with van der Waals surface area (Å²) < 4.78 is 25.8. The van der Waals surface area contributed by atoms with Crippen molar-refractivity contribution in [2.24, 2.45) is 5.10 Å². The Labute approximate surface area is 610 Å². The largest absolute Gasteiger partial charge is 0.507 e. The molecular formula is C84H124N6O10S. The molecule has 0 atom stereocenters. The van der Waals surface area contributed by atoms with E-state index in [0.717, 1.165) is 67.8 Å². The predicted octanol–water partition coefficient (Wildman–Crippen LogP) is 22.5. The third-order valence-corrected chi connectivity index (χ3v) is 18.4. The fourth-order valence-corrected chi connectivity index (χ4v) is 12.5. The van der Waals surface area contributed by atoms with Crippen LogP contribution in [0.2, 0.25) is 0 Å². The second-order valence-electron chi connectivity index (χ2n) is 37.5. The average molecular weight is 1410 g/mol. The summed E-state index contributed by atoms with van der Waals surface area (Å²) >= 11 is 1.57. The lowest BCUT2D eigenvalue weighted by Crippen LogP contribution is -2.42. The van der Waals surface area contributed by atoms with E-state index in [0.29, 0.717) is 33.9 Å². The van der Waals surface area contributed by atoms with Crippen LogP contribution >= 0.6 is 11.8 Å². The van der Waals surface area contributed by atoms with E-state index in [1.165, 1.54) is 37.4 Å². The number of unbranched alkanes of at least 4 members (excludes halogenated alkanes) is 5. The molecule has 0 amide bonds. The molecule has 0 fully saturated rings. The van der Waals surface area contributed by atoms with Crippen molar-refractivity contribution in [2.45, 2.75) is 312 Å². The molecule has 101 heavy (non-hydrogen) atoms. The summed E-state index contributed by atoms with van der Waals surface area (Å²) in [5.41, 5.74) is 7.23. The van der Waals surface area contributed by atoms with Crippen molar-refractivity contribution < 1.29 is 49.3 Å². The van der Waals surface area contributed by atoms with E-state index >= 15 is 0 Å². The van der Waals surface area contributed by atoms with Gasteiger partial charge in [-0.3, -0.25) is 0 Å². The highest BCUT2D eigenvalue weighted by Crippen LogP contribution is 2.48. The highest BCUT2D eigenvalue weighted by Gasteiger charge is 2.35. The number of nitrogens with one attached hydrogen (secondary N) is 1. The summed E-state index contributed by atoms with van der Waals surface area (Å²) in [6, 6.07) is 18.7. The first kappa shape index (κ1) is 82.4. The van der Waals surface area contributed by atoms with Crippen LogP contribution in [0, 0.1) is 0 Å². The molecule has 0 radical (unpaired) electrons. The predicted molar refractivity (Wildman–Crippen MR) is 414 cm³/mol. The third-order valence-electron chi connectivity index (χ3n) is 17.5. The summed E-state index contributed by atoms with van der Waals surface area (Å²) in [7, 11) is 0. The van der Waals surface area contributed by atoms with Gasteiger partial charge in [-0.2, -0.15) is 9.97 Å². The summed E-state index contributed by atoms with van der Waals surface area (Å²) in [4.78, 5) is 20.4. The van der Waals surface area contributed by atoms with Crippen LogP contribution in [0.5, 0.6) is 69.5 Å². The van der Waals surface area contributed by atoms with Crippen LogP contribution in [-0.2, 0) is 54.1 Å². The van der Waals surface area contributed by atoms with Crippen LogP contribution in [-0.4, -0.2) is 57.4 Å². The van der Waals surface area contributed by atoms with Gasteiger partial charge in [0.2, 0.25) is 11.8 Å². The molecular weight excluding hydrogens is 1290 g/mol. The zero-order valence-corrected chi connectivity index (χ0v) is 68.0. The number of aromatic nitrogens is 3. The number of ether oxygens (including phenoxy) is 4. The van der Waals surface area contributed by atoms with Crippen molar-refractivity contribution >= 4 is 17.7 Å². The van der Waals surface area contributed by atoms with Gasteiger partial charge >= 0.3 is 12.0 Å². The first-order valence-corrected chi connectivity index (χ1v) is 36.9. The summed E-state index contributed by atoms with van der Waals surface area (Å²) in [5.74, 6) is 5.09. The standard InChI is InChI=1S/C45H65N3O6.C39H59N3O4S/c1-40(2,3)29-19-26(20-30(37(29)49)41(4,5)6)52-35-25-36(53-27-21-31(42(7,8)9)38(50)32(22-27)43(10,11)12)47-48(46-35)54-28-23-33(44(13,14)15)39(51)34(24-28)45(16,17)18;1-14-15-16-17-18-19-20-47-35-41-33(45-25-21-27(36(2,3)4)31(43)28(22-25)37(5,6)7)40-34(42-35)46-26-23-29(38(8,9)10)32(44)30(24-26)39(11,12)13/h19-25,46,49-51H,1-18H3;21-24,43-44H,14-20H2,1-13H3. The number of hydrazone groups is 1. The van der Waals surface area contributed by atoms with Gasteiger partial charge in [-0.25, -0.2) is 5.43 Å². The number of aromatic hydroxyl groups is 5. The number of benzene rings is 5. The Balaban J connectivity index is 0.000000321. The van der Waals surface area contributed by atoms with Crippen molar-refractivity contribution in [1.29, 1.82) is 0 Å². The lowest BCUT2D eigenvalue weighted by Gasteiger charge is -2.31. The lowest BCUT2D eigenvalue weighted by atomic mass is 9.79. The van der Waals surface area contributed by atoms with E-state index in [4.69, 9.17) is 23.8 Å². The van der Waals surface area contributed by atoms with Gasteiger partial charge in [-0.1, -0.05) is 264 Å². The van der Waals surface area contributed by atoms with Crippen LogP contribution in [0.3, 0.4) is 0 Å². The Morgan fingerprint density at radius 3 is 0.881 bits per heavy atom. The van der Waals surface area contributed by atoms with Gasteiger partial charge in [0.15, 0.2) is 10.9 Å². The first-order valence-electron chi connectivity index (χ1n) is 35.9. The molecule has 17 heteroatoms. The van der Waals surface area contributed by atoms with Crippen LogP contribution in [0.25, 0.3) is 0 Å². The molecule has 0 spiro atoms. The van der Waals surface area contributed by atoms with E-state index in [2.05, 4.69) is 157 Å². The maximum atomic E-state index is 11.4. The Morgan fingerprint density at radius 1 is 0.337 bits per heavy atom. The number of hydrogen-bond acceptors (Lipinski definition) is 17. The van der Waals surface area contributed by atoms with Crippen molar-refractivity contribution in [3.8, 4) is 69.5 Å². The number of hydrogen-bond donors (Lipinski definition) is 6. The Kier molecular flexibility index (Phi) is 24.8. The van der Waals surface area contributed by atoms with E-state index in [9.17, 15) is 25.5 Å². The van der Waals surface area contributed by atoms with Crippen LogP contribution in [0.1, 0.15) is 309 Å². The molecule has 5 aromatic carbocycles. The topological polar surface area (TPSA) is 214 Å². The maximum absolute atomic E-state index is 11.4. The molecule has 6 aromatic rings. The third kappa shape index (κ3) is 22.0. The highest BCUT2D eigenvalue weighted by molar-refractivity contribution is 7.99. The lowest BCUT2D eigenvalue weighted by molar-refractivity contribution is -0.107. The minimum Gasteiger partial charge on any atom is -0.507 e. The summed E-state index contributed by atoms with van der Waals surface area (Å²) in [6.07, 6.45) is 8.88. The maximum Gasteiger partial charge on any atom is 0.329 e. The molecule has 6 N–H and O–H groups in total. The average Bonchev–Trinajstić information content (AvgIpc) is 0.804. The van der Waals surface area contributed by atoms with Gasteiger partial charge in [0.25, 0.3) is 0 Å². The SMILES string of the molecule is CC(C)(C)c1cc(OC2=CC(Oc3cc(C(C)(C)C)c(O)c(C(C)(C)C)c3)=NN(Oc3cc(C(C)(C)C)c(O)c(C(C)(C)C)c3)N2)cc(C(C)(C)C)c1O.CCCCCCCCSc1nc(Oc2cc(C(C)(C)C)c(O)c(C(C)(C)C)c2)nc(Oc2cc(C(C)(C)C)c(O)c(C(C)(C)C)c2)n1. The zero-order valence-electron chi connectivity index (χ0n) is 67.2. The van der Waals surface area contributed by atoms with E-state index in [1.54, 1.807) is 17.8 Å². The molecule has 0 bridgehead atoms. The van der Waals surface area contributed by atoms with Gasteiger partial charge in [0.05, 0.1) is 6.08 Å². The molecule has 556 valence electrons. The molecule has 0 unspecified atom stereocenters. The highest BCUT2D eigenvalue weighted by atomic mass is 32.2. The van der Waals surface area contributed by atoms with Gasteiger partial charge < -0.3 is 49.3 Å². The number of thioether (sulfide) groups is 1. The molecule has 0 aliphatic carbocycles. The van der Waals surface area contributed by atoms with Gasteiger partial charge in [0.1, 0.15) is 51.7 Å². The van der Waals surface area contributed by atoms with E-state index < -0.39 is 0 Å². The summed E-state index contributed by atoms with van der Waals surface area (Å²) in [5, 5.41) is 62.9. The van der Waals surface area contributed by atoms with Crippen molar-refractivity contribution in [2.75, 3.05) is 5.75 Å². The second kappa shape index (κ2) is 30.4. The Hall–Kier alpha value is -7.53. The minimum atomic E-state index is -0.382. The second-order valence-corrected chi connectivity index (χ2v) is 38.5. The Morgan fingerprint density at radius 2 is 0.594 bits per heavy atom. The number of phenolic OH excluding ortho intramolecular Hbond substituents is 5. The Bertz CT molecular complexity index is 3690. The minimum absolute atomic E-state index is 0.122.